The zero-order chi connectivity index (χ0) is 17.4. The molecule has 124 valence electrons. The van der Waals surface area contributed by atoms with Crippen molar-refractivity contribution in [2.24, 2.45) is 5.10 Å². The van der Waals surface area contributed by atoms with Crippen LogP contribution in [0.5, 0.6) is 11.5 Å². The number of nitrogens with zero attached hydrogens (tertiary/aromatic N) is 1. The standard InChI is InChI=1S/C17H17N3O4/c1-23-14-7-3-5-12(9-14)11-18-20-17(22)16(21)19-13-6-4-8-15(10-13)24-2/h3-11H,1-2H3,(H,19,21)(H,20,22)/b18-11-. The number of hydrogen-bond acceptors (Lipinski definition) is 5. The molecule has 0 heterocycles. The third kappa shape index (κ3) is 4.84. The highest BCUT2D eigenvalue weighted by molar-refractivity contribution is 6.39. The molecule has 2 N–H and O–H groups in total. The molecule has 2 rings (SSSR count). The molecule has 0 aromatic heterocycles. The van der Waals surface area contributed by atoms with Gasteiger partial charge in [0.2, 0.25) is 0 Å². The molecule has 0 aliphatic heterocycles. The number of ether oxygens (including phenoxy) is 2. The van der Waals surface area contributed by atoms with Crippen LogP contribution in [0.2, 0.25) is 0 Å². The van der Waals surface area contributed by atoms with Gasteiger partial charge in [0.25, 0.3) is 0 Å². The zero-order valence-corrected chi connectivity index (χ0v) is 13.3. The quantitative estimate of drug-likeness (QED) is 0.498. The van der Waals surface area contributed by atoms with E-state index in [1.165, 1.54) is 13.3 Å². The van der Waals surface area contributed by atoms with Crippen molar-refractivity contribution in [3.05, 3.63) is 54.1 Å². The molecule has 7 nitrogen and oxygen atoms in total. The van der Waals surface area contributed by atoms with Gasteiger partial charge in [-0.25, -0.2) is 5.43 Å². The predicted octanol–water partition coefficient (Wildman–Crippen LogP) is 1.79. The summed E-state index contributed by atoms with van der Waals surface area (Å²) in [5, 5.41) is 6.21. The number of carbonyl (C=O) groups is 2. The maximum absolute atomic E-state index is 11.8. The number of amides is 2. The molecule has 2 aromatic rings. The van der Waals surface area contributed by atoms with Crippen LogP contribution in [-0.4, -0.2) is 32.2 Å². The van der Waals surface area contributed by atoms with Crippen LogP contribution in [0.1, 0.15) is 5.56 Å². The van der Waals surface area contributed by atoms with Crippen molar-refractivity contribution >= 4 is 23.7 Å². The molecule has 24 heavy (non-hydrogen) atoms. The smallest absolute Gasteiger partial charge is 0.329 e. The Hall–Kier alpha value is -3.35. The topological polar surface area (TPSA) is 89.0 Å². The molecule has 2 aromatic carbocycles. The monoisotopic (exact) mass is 327 g/mol. The van der Waals surface area contributed by atoms with Crippen molar-refractivity contribution in [1.29, 1.82) is 0 Å². The lowest BCUT2D eigenvalue weighted by Gasteiger charge is -2.05. The van der Waals surface area contributed by atoms with Crippen molar-refractivity contribution in [2.75, 3.05) is 19.5 Å². The van der Waals surface area contributed by atoms with E-state index in [-0.39, 0.29) is 0 Å². The Kier molecular flexibility index (Phi) is 5.90. The second kappa shape index (κ2) is 8.33. The Morgan fingerprint density at radius 1 is 0.958 bits per heavy atom. The molecule has 0 saturated heterocycles. The van der Waals surface area contributed by atoms with Crippen LogP contribution in [-0.2, 0) is 9.59 Å². The fraction of sp³-hybridized carbons (Fsp3) is 0.118. The first-order chi connectivity index (χ1) is 11.6. The van der Waals surface area contributed by atoms with Gasteiger partial charge in [0.15, 0.2) is 0 Å². The summed E-state index contributed by atoms with van der Waals surface area (Å²) < 4.78 is 10.1. The number of hydrogen-bond donors (Lipinski definition) is 2. The van der Waals surface area contributed by atoms with Gasteiger partial charge in [-0.15, -0.1) is 0 Å². The van der Waals surface area contributed by atoms with Gasteiger partial charge in [-0.3, -0.25) is 9.59 Å². The molecule has 0 aliphatic rings. The van der Waals surface area contributed by atoms with Crippen LogP contribution in [0.15, 0.2) is 53.6 Å². The van der Waals surface area contributed by atoms with E-state index >= 15 is 0 Å². The fourth-order valence-electron chi connectivity index (χ4n) is 1.83. The second-order valence-electron chi connectivity index (χ2n) is 4.66. The Labute approximate surface area is 139 Å². The molecular weight excluding hydrogens is 310 g/mol. The molecule has 0 atom stereocenters. The number of methoxy groups -OCH3 is 2. The average Bonchev–Trinajstić information content (AvgIpc) is 2.62. The molecule has 2 amide bonds. The SMILES string of the molecule is COc1cccc(/C=N\NC(=O)C(=O)Nc2cccc(OC)c2)c1. The largest absolute Gasteiger partial charge is 0.497 e. The minimum atomic E-state index is -0.878. The van der Waals surface area contributed by atoms with E-state index in [0.29, 0.717) is 17.2 Å². The van der Waals surface area contributed by atoms with Crippen LogP contribution < -0.4 is 20.2 Å². The maximum atomic E-state index is 11.8. The van der Waals surface area contributed by atoms with Gasteiger partial charge in [0.05, 0.1) is 20.4 Å². The zero-order valence-electron chi connectivity index (χ0n) is 13.3. The molecular formula is C17H17N3O4. The van der Waals surface area contributed by atoms with Gasteiger partial charge in [0.1, 0.15) is 11.5 Å². The molecule has 0 saturated carbocycles. The van der Waals surface area contributed by atoms with E-state index in [0.717, 1.165) is 5.56 Å². The third-order valence-electron chi connectivity index (χ3n) is 3.01. The number of anilines is 1. The van der Waals surface area contributed by atoms with Gasteiger partial charge in [-0.05, 0) is 29.8 Å². The average molecular weight is 327 g/mol. The molecule has 0 unspecified atom stereocenters. The van der Waals surface area contributed by atoms with E-state index in [9.17, 15) is 9.59 Å². The molecule has 7 heteroatoms. The fourth-order valence-corrected chi connectivity index (χ4v) is 1.83. The van der Waals surface area contributed by atoms with Crippen LogP contribution in [0.3, 0.4) is 0 Å². The van der Waals surface area contributed by atoms with Crippen LogP contribution in [0.25, 0.3) is 0 Å². The number of nitrogens with one attached hydrogen (secondary N) is 2. The van der Waals surface area contributed by atoms with E-state index in [4.69, 9.17) is 9.47 Å². The Bertz CT molecular complexity index is 759. The van der Waals surface area contributed by atoms with Gasteiger partial charge >= 0.3 is 11.8 Å². The number of benzene rings is 2. The van der Waals surface area contributed by atoms with Crippen molar-refractivity contribution < 1.29 is 19.1 Å². The van der Waals surface area contributed by atoms with Gasteiger partial charge in [0, 0.05) is 11.8 Å². The van der Waals surface area contributed by atoms with Crippen molar-refractivity contribution in [2.45, 2.75) is 0 Å². The lowest BCUT2D eigenvalue weighted by molar-refractivity contribution is -0.136. The first-order valence-corrected chi connectivity index (χ1v) is 7.05. The number of hydrazone groups is 1. The maximum Gasteiger partial charge on any atom is 0.329 e. The molecule has 0 spiro atoms. The first-order valence-electron chi connectivity index (χ1n) is 7.05. The summed E-state index contributed by atoms with van der Waals surface area (Å²) in [7, 11) is 3.07. The van der Waals surface area contributed by atoms with Crippen LogP contribution in [0.4, 0.5) is 5.69 Å². The number of carbonyl (C=O) groups excluding carboxylic acids is 2. The highest BCUT2D eigenvalue weighted by Crippen LogP contribution is 2.16. The van der Waals surface area contributed by atoms with Crippen molar-refractivity contribution in [3.63, 3.8) is 0 Å². The summed E-state index contributed by atoms with van der Waals surface area (Å²) in [6.45, 7) is 0. The summed E-state index contributed by atoms with van der Waals surface area (Å²) >= 11 is 0. The summed E-state index contributed by atoms with van der Waals surface area (Å²) in [6, 6.07) is 13.8. The van der Waals surface area contributed by atoms with E-state index < -0.39 is 11.8 Å². The first kappa shape index (κ1) is 17.0. The predicted molar refractivity (Wildman–Crippen MR) is 90.4 cm³/mol. The minimum Gasteiger partial charge on any atom is -0.497 e. The van der Waals surface area contributed by atoms with Crippen LogP contribution >= 0.6 is 0 Å². The summed E-state index contributed by atoms with van der Waals surface area (Å²) in [4.78, 5) is 23.5. The third-order valence-corrected chi connectivity index (χ3v) is 3.01. The van der Waals surface area contributed by atoms with E-state index in [1.54, 1.807) is 55.6 Å². The van der Waals surface area contributed by atoms with E-state index in [1.807, 2.05) is 0 Å². The Balaban J connectivity index is 1.91. The van der Waals surface area contributed by atoms with Crippen molar-refractivity contribution in [1.82, 2.24) is 5.43 Å². The summed E-state index contributed by atoms with van der Waals surface area (Å²) in [5.74, 6) is -0.465. The highest BCUT2D eigenvalue weighted by atomic mass is 16.5. The minimum absolute atomic E-state index is 0.450. The van der Waals surface area contributed by atoms with Crippen molar-refractivity contribution in [3.8, 4) is 11.5 Å². The van der Waals surface area contributed by atoms with Crippen LogP contribution in [0, 0.1) is 0 Å². The Morgan fingerprint density at radius 3 is 2.33 bits per heavy atom. The highest BCUT2D eigenvalue weighted by Gasteiger charge is 2.13. The number of rotatable bonds is 5. The van der Waals surface area contributed by atoms with Gasteiger partial charge < -0.3 is 14.8 Å². The normalized spacial score (nSPS) is 10.2. The van der Waals surface area contributed by atoms with Gasteiger partial charge in [-0.1, -0.05) is 18.2 Å². The summed E-state index contributed by atoms with van der Waals surface area (Å²) in [6.07, 6.45) is 1.42. The second-order valence-corrected chi connectivity index (χ2v) is 4.66. The molecule has 0 radical (unpaired) electrons. The van der Waals surface area contributed by atoms with Gasteiger partial charge in [-0.2, -0.15) is 5.10 Å². The molecule has 0 fully saturated rings. The lowest BCUT2D eigenvalue weighted by Crippen LogP contribution is -2.32. The summed E-state index contributed by atoms with van der Waals surface area (Å²) in [5.41, 5.74) is 3.34. The molecule has 0 bridgehead atoms. The van der Waals surface area contributed by atoms with E-state index in [2.05, 4.69) is 15.8 Å². The molecule has 0 aliphatic carbocycles. The lowest BCUT2D eigenvalue weighted by atomic mass is 10.2. The Morgan fingerprint density at radius 2 is 1.62 bits per heavy atom.